The fourth-order valence-corrected chi connectivity index (χ4v) is 4.25. The number of Topliss-reactive ketones (excluding diaryl/α,β-unsaturated/α-hetero) is 1. The summed E-state index contributed by atoms with van der Waals surface area (Å²) < 4.78 is 16.9. The Balaban J connectivity index is 1.57. The number of ether oxygens (including phenoxy) is 3. The SMILES string of the molecule is COC[C@@H]1[C@H](COC)[C@@H]2O[C@H]1C[C@H]2CCC(=O)c1ccccc1. The van der Waals surface area contributed by atoms with Gasteiger partial charge in [-0.05, 0) is 18.8 Å². The van der Waals surface area contributed by atoms with Gasteiger partial charge in [0.15, 0.2) is 5.78 Å². The van der Waals surface area contributed by atoms with E-state index in [-0.39, 0.29) is 18.0 Å². The van der Waals surface area contributed by atoms with Gasteiger partial charge in [0.1, 0.15) is 0 Å². The largest absolute Gasteiger partial charge is 0.384 e. The summed E-state index contributed by atoms with van der Waals surface area (Å²) in [4.78, 5) is 12.3. The number of carbonyl (C=O) groups is 1. The Bertz CT molecular complexity index is 515. The Morgan fingerprint density at radius 3 is 2.52 bits per heavy atom. The van der Waals surface area contributed by atoms with Crippen LogP contribution in [0.5, 0.6) is 0 Å². The van der Waals surface area contributed by atoms with E-state index in [9.17, 15) is 4.79 Å². The fraction of sp³-hybridized carbons (Fsp3) is 0.632. The van der Waals surface area contributed by atoms with Gasteiger partial charge in [0.25, 0.3) is 0 Å². The summed E-state index contributed by atoms with van der Waals surface area (Å²) in [5.41, 5.74) is 0.808. The fourth-order valence-electron chi connectivity index (χ4n) is 4.25. The zero-order valence-electron chi connectivity index (χ0n) is 13.9. The molecule has 126 valence electrons. The second-order valence-electron chi connectivity index (χ2n) is 6.70. The molecule has 1 aromatic rings. The lowest BCUT2D eigenvalue weighted by Crippen LogP contribution is -2.38. The Hall–Kier alpha value is -1.23. The second-order valence-corrected chi connectivity index (χ2v) is 6.70. The monoisotopic (exact) mass is 318 g/mol. The van der Waals surface area contributed by atoms with Crippen molar-refractivity contribution in [2.75, 3.05) is 27.4 Å². The number of carbonyl (C=O) groups excluding carboxylic acids is 1. The van der Waals surface area contributed by atoms with Crippen LogP contribution in [-0.4, -0.2) is 45.4 Å². The van der Waals surface area contributed by atoms with E-state index < -0.39 is 0 Å². The normalized spacial score (nSPS) is 32.3. The van der Waals surface area contributed by atoms with Crippen LogP contribution in [0.15, 0.2) is 30.3 Å². The molecule has 2 aliphatic heterocycles. The zero-order valence-corrected chi connectivity index (χ0v) is 13.9. The van der Waals surface area contributed by atoms with Gasteiger partial charge in [0, 0.05) is 38.0 Å². The van der Waals surface area contributed by atoms with E-state index in [0.717, 1.165) is 25.0 Å². The summed E-state index contributed by atoms with van der Waals surface area (Å²) >= 11 is 0. The zero-order chi connectivity index (χ0) is 16.2. The summed E-state index contributed by atoms with van der Waals surface area (Å²) in [6, 6.07) is 9.55. The number of rotatable bonds is 8. The van der Waals surface area contributed by atoms with E-state index in [0.29, 0.717) is 30.8 Å². The predicted octanol–water partition coefficient (Wildman–Crippen LogP) is 2.96. The van der Waals surface area contributed by atoms with Gasteiger partial charge in [0.2, 0.25) is 0 Å². The van der Waals surface area contributed by atoms with Crippen LogP contribution in [0.1, 0.15) is 29.6 Å². The molecule has 0 aromatic heterocycles. The van der Waals surface area contributed by atoms with Gasteiger partial charge in [-0.25, -0.2) is 0 Å². The van der Waals surface area contributed by atoms with Gasteiger partial charge in [-0.3, -0.25) is 4.79 Å². The molecule has 0 spiro atoms. The molecule has 0 amide bonds. The third-order valence-electron chi connectivity index (χ3n) is 5.34. The summed E-state index contributed by atoms with van der Waals surface area (Å²) in [6.45, 7) is 1.43. The number of hydrogen-bond donors (Lipinski definition) is 0. The maximum Gasteiger partial charge on any atom is 0.162 e. The highest BCUT2D eigenvalue weighted by atomic mass is 16.5. The summed E-state index contributed by atoms with van der Waals surface area (Å²) in [6.07, 6.45) is 3.01. The van der Waals surface area contributed by atoms with Crippen LogP contribution in [0.4, 0.5) is 0 Å². The standard InChI is InChI=1S/C19H26O4/c1-21-11-15-16(12-22-2)19-14(10-18(15)23-19)8-9-17(20)13-6-4-3-5-7-13/h3-7,14-16,18-19H,8-12H2,1-2H3/t14-,15-,16+,18+,19-/m1/s1. The molecule has 4 heteroatoms. The third kappa shape index (κ3) is 3.49. The lowest BCUT2D eigenvalue weighted by molar-refractivity contribution is 0.0413. The van der Waals surface area contributed by atoms with Gasteiger partial charge in [-0.1, -0.05) is 30.3 Å². The molecule has 2 aliphatic rings. The third-order valence-corrected chi connectivity index (χ3v) is 5.34. The first kappa shape index (κ1) is 16.6. The first-order chi connectivity index (χ1) is 11.2. The van der Waals surface area contributed by atoms with Crippen molar-refractivity contribution in [3.63, 3.8) is 0 Å². The molecular weight excluding hydrogens is 292 g/mol. The Labute approximate surface area is 138 Å². The van der Waals surface area contributed by atoms with Crippen molar-refractivity contribution >= 4 is 5.78 Å². The predicted molar refractivity (Wildman–Crippen MR) is 87.5 cm³/mol. The quantitative estimate of drug-likeness (QED) is 0.691. The molecule has 0 unspecified atom stereocenters. The molecule has 0 N–H and O–H groups in total. The molecule has 2 fully saturated rings. The van der Waals surface area contributed by atoms with E-state index in [1.54, 1.807) is 14.2 Å². The van der Waals surface area contributed by atoms with Crippen molar-refractivity contribution in [1.29, 1.82) is 0 Å². The van der Waals surface area contributed by atoms with E-state index in [1.807, 2.05) is 30.3 Å². The highest BCUT2D eigenvalue weighted by molar-refractivity contribution is 5.95. The molecule has 2 bridgehead atoms. The average Bonchev–Trinajstić information content (AvgIpc) is 3.13. The van der Waals surface area contributed by atoms with Crippen molar-refractivity contribution < 1.29 is 19.0 Å². The maximum absolute atomic E-state index is 12.3. The van der Waals surface area contributed by atoms with E-state index in [1.165, 1.54) is 0 Å². The lowest BCUT2D eigenvalue weighted by Gasteiger charge is -2.31. The summed E-state index contributed by atoms with van der Waals surface area (Å²) in [5.74, 6) is 1.49. The van der Waals surface area contributed by atoms with Crippen molar-refractivity contribution in [2.24, 2.45) is 17.8 Å². The molecule has 1 aromatic carbocycles. The molecule has 0 aliphatic carbocycles. The minimum Gasteiger partial charge on any atom is -0.384 e. The van der Waals surface area contributed by atoms with E-state index >= 15 is 0 Å². The molecule has 4 nitrogen and oxygen atoms in total. The van der Waals surface area contributed by atoms with Crippen LogP contribution in [0, 0.1) is 17.8 Å². The van der Waals surface area contributed by atoms with Crippen molar-refractivity contribution in [1.82, 2.24) is 0 Å². The van der Waals surface area contributed by atoms with Crippen molar-refractivity contribution in [3.05, 3.63) is 35.9 Å². The van der Waals surface area contributed by atoms with E-state index in [4.69, 9.17) is 14.2 Å². The topological polar surface area (TPSA) is 44.8 Å². The Morgan fingerprint density at radius 1 is 1.13 bits per heavy atom. The molecule has 5 atom stereocenters. The molecule has 3 rings (SSSR count). The van der Waals surface area contributed by atoms with Crippen LogP contribution in [0.25, 0.3) is 0 Å². The van der Waals surface area contributed by atoms with Crippen molar-refractivity contribution in [2.45, 2.75) is 31.5 Å². The molecule has 23 heavy (non-hydrogen) atoms. The van der Waals surface area contributed by atoms with Gasteiger partial charge in [-0.2, -0.15) is 0 Å². The molecule has 0 saturated carbocycles. The van der Waals surface area contributed by atoms with Crippen LogP contribution >= 0.6 is 0 Å². The van der Waals surface area contributed by atoms with E-state index in [2.05, 4.69) is 0 Å². The van der Waals surface area contributed by atoms with Gasteiger partial charge >= 0.3 is 0 Å². The van der Waals surface area contributed by atoms with Gasteiger partial charge < -0.3 is 14.2 Å². The first-order valence-corrected chi connectivity index (χ1v) is 8.46. The number of fused-ring (bicyclic) bond motifs is 2. The lowest BCUT2D eigenvalue weighted by atomic mass is 9.73. The van der Waals surface area contributed by atoms with Crippen LogP contribution < -0.4 is 0 Å². The number of hydrogen-bond acceptors (Lipinski definition) is 4. The summed E-state index contributed by atoms with van der Waals surface area (Å²) in [7, 11) is 3.48. The second kappa shape index (κ2) is 7.56. The van der Waals surface area contributed by atoms with Crippen LogP contribution in [-0.2, 0) is 14.2 Å². The van der Waals surface area contributed by atoms with Crippen molar-refractivity contribution in [3.8, 4) is 0 Å². The van der Waals surface area contributed by atoms with Gasteiger partial charge in [-0.15, -0.1) is 0 Å². The smallest absolute Gasteiger partial charge is 0.162 e. The number of benzene rings is 1. The van der Waals surface area contributed by atoms with Crippen LogP contribution in [0.3, 0.4) is 0 Å². The Morgan fingerprint density at radius 2 is 1.83 bits per heavy atom. The maximum atomic E-state index is 12.3. The minimum absolute atomic E-state index is 0.212. The molecule has 0 radical (unpaired) electrons. The highest BCUT2D eigenvalue weighted by Crippen LogP contribution is 2.48. The molecular formula is C19H26O4. The number of methoxy groups -OCH3 is 2. The number of ketones is 1. The molecule has 2 saturated heterocycles. The highest BCUT2D eigenvalue weighted by Gasteiger charge is 2.53. The van der Waals surface area contributed by atoms with Crippen LogP contribution in [0.2, 0.25) is 0 Å². The first-order valence-electron chi connectivity index (χ1n) is 8.46. The summed E-state index contributed by atoms with van der Waals surface area (Å²) in [5, 5.41) is 0. The minimum atomic E-state index is 0.212. The average molecular weight is 318 g/mol. The van der Waals surface area contributed by atoms with Gasteiger partial charge in [0.05, 0.1) is 25.4 Å². The molecule has 2 heterocycles. The Kier molecular flexibility index (Phi) is 5.46.